The van der Waals surface area contributed by atoms with Crippen molar-refractivity contribution in [3.05, 3.63) is 0 Å². The van der Waals surface area contributed by atoms with E-state index in [1.165, 1.54) is 0 Å². The van der Waals surface area contributed by atoms with E-state index in [2.05, 4.69) is 5.32 Å². The Morgan fingerprint density at radius 1 is 1.50 bits per heavy atom. The highest BCUT2D eigenvalue weighted by Gasteiger charge is 2.29. The van der Waals surface area contributed by atoms with Crippen molar-refractivity contribution >= 4 is 11.8 Å². The molecular weight excluding hydrogens is 208 g/mol. The maximum absolute atomic E-state index is 11.8. The molecule has 0 spiro atoms. The number of nitrogens with one attached hydrogen (secondary N) is 1. The van der Waals surface area contributed by atoms with Crippen molar-refractivity contribution in [2.24, 2.45) is 5.92 Å². The molecule has 0 bridgehead atoms. The number of ether oxygens (including phenoxy) is 1. The van der Waals surface area contributed by atoms with Gasteiger partial charge in [0.15, 0.2) is 0 Å². The average molecular weight is 226 g/mol. The Balaban J connectivity index is 1.98. The summed E-state index contributed by atoms with van der Waals surface area (Å²) in [4.78, 5) is 25.0. The summed E-state index contributed by atoms with van der Waals surface area (Å²) in [7, 11) is 0. The van der Waals surface area contributed by atoms with Gasteiger partial charge in [-0.1, -0.05) is 0 Å². The van der Waals surface area contributed by atoms with Crippen LogP contribution in [0, 0.1) is 5.92 Å². The second-order valence-electron chi connectivity index (χ2n) is 4.61. The molecule has 90 valence electrons. The molecule has 1 N–H and O–H groups in total. The fraction of sp³-hybridized carbons (Fsp3) is 0.818. The molecule has 0 aromatic rings. The lowest BCUT2D eigenvalue weighted by Crippen LogP contribution is -2.42. The van der Waals surface area contributed by atoms with E-state index < -0.39 is 0 Å². The van der Waals surface area contributed by atoms with Crippen LogP contribution in [0.2, 0.25) is 0 Å². The van der Waals surface area contributed by atoms with Gasteiger partial charge in [0.1, 0.15) is 0 Å². The van der Waals surface area contributed by atoms with Gasteiger partial charge in [-0.15, -0.1) is 0 Å². The minimum absolute atomic E-state index is 0.00407. The first-order chi connectivity index (χ1) is 7.66. The quantitative estimate of drug-likeness (QED) is 0.707. The fourth-order valence-corrected chi connectivity index (χ4v) is 2.26. The largest absolute Gasteiger partial charge is 0.381 e. The first-order valence-corrected chi connectivity index (χ1v) is 5.80. The number of hydrogen-bond acceptors (Lipinski definition) is 3. The summed E-state index contributed by atoms with van der Waals surface area (Å²) in [6.07, 6.45) is 1.41. The summed E-state index contributed by atoms with van der Waals surface area (Å²) in [5.41, 5.74) is 0. The highest BCUT2D eigenvalue weighted by molar-refractivity contribution is 5.87. The molecule has 5 nitrogen and oxygen atoms in total. The van der Waals surface area contributed by atoms with E-state index in [9.17, 15) is 9.59 Å². The summed E-state index contributed by atoms with van der Waals surface area (Å²) in [5.74, 6) is 0.413. The monoisotopic (exact) mass is 226 g/mol. The third-order valence-electron chi connectivity index (χ3n) is 3.25. The van der Waals surface area contributed by atoms with Gasteiger partial charge in [-0.2, -0.15) is 0 Å². The average Bonchev–Trinajstić information content (AvgIpc) is 2.71. The second-order valence-corrected chi connectivity index (χ2v) is 4.61. The van der Waals surface area contributed by atoms with Crippen LogP contribution >= 0.6 is 0 Å². The molecule has 2 amide bonds. The van der Waals surface area contributed by atoms with E-state index >= 15 is 0 Å². The van der Waals surface area contributed by atoms with Crippen LogP contribution in [-0.4, -0.2) is 49.1 Å². The molecule has 0 radical (unpaired) electrons. The van der Waals surface area contributed by atoms with Crippen molar-refractivity contribution in [3.63, 3.8) is 0 Å². The molecule has 5 heteroatoms. The van der Waals surface area contributed by atoms with Crippen LogP contribution in [0.25, 0.3) is 0 Å². The minimum Gasteiger partial charge on any atom is -0.381 e. The third-order valence-corrected chi connectivity index (χ3v) is 3.25. The summed E-state index contributed by atoms with van der Waals surface area (Å²) in [6, 6.07) is -0.00407. The molecular formula is C11H18N2O3. The Morgan fingerprint density at radius 2 is 2.31 bits per heavy atom. The van der Waals surface area contributed by atoms with Gasteiger partial charge in [0.25, 0.3) is 0 Å². The van der Waals surface area contributed by atoms with Gasteiger partial charge < -0.3 is 15.0 Å². The number of amides is 2. The fourth-order valence-electron chi connectivity index (χ4n) is 2.26. The predicted octanol–water partition coefficient (Wildman–Crippen LogP) is -0.240. The first-order valence-electron chi connectivity index (χ1n) is 5.80. The van der Waals surface area contributed by atoms with Crippen molar-refractivity contribution in [2.75, 3.05) is 26.3 Å². The Bertz CT molecular complexity index is 287. The van der Waals surface area contributed by atoms with Crippen LogP contribution in [0.15, 0.2) is 0 Å². The summed E-state index contributed by atoms with van der Waals surface area (Å²) >= 11 is 0. The van der Waals surface area contributed by atoms with Crippen LogP contribution in [0.4, 0.5) is 0 Å². The zero-order valence-electron chi connectivity index (χ0n) is 9.57. The van der Waals surface area contributed by atoms with Gasteiger partial charge in [-0.3, -0.25) is 9.59 Å². The van der Waals surface area contributed by atoms with Crippen LogP contribution in [0.1, 0.15) is 19.8 Å². The van der Waals surface area contributed by atoms with Crippen LogP contribution in [-0.2, 0) is 14.3 Å². The summed E-state index contributed by atoms with van der Waals surface area (Å²) in [6.45, 7) is 4.31. The Hall–Kier alpha value is -1.10. The smallest absolute Gasteiger partial charge is 0.242 e. The number of carbonyl (C=O) groups is 2. The highest BCUT2D eigenvalue weighted by Crippen LogP contribution is 2.17. The molecule has 2 fully saturated rings. The van der Waals surface area contributed by atoms with E-state index in [1.54, 1.807) is 0 Å². The van der Waals surface area contributed by atoms with Crippen molar-refractivity contribution in [2.45, 2.75) is 25.8 Å². The van der Waals surface area contributed by atoms with Crippen molar-refractivity contribution < 1.29 is 14.3 Å². The summed E-state index contributed by atoms with van der Waals surface area (Å²) in [5, 5.41) is 2.62. The highest BCUT2D eigenvalue weighted by atomic mass is 16.5. The minimum atomic E-state index is -0.0361. The van der Waals surface area contributed by atoms with Crippen molar-refractivity contribution in [1.82, 2.24) is 10.2 Å². The zero-order chi connectivity index (χ0) is 11.5. The van der Waals surface area contributed by atoms with E-state index in [0.717, 1.165) is 26.2 Å². The molecule has 2 aliphatic rings. The van der Waals surface area contributed by atoms with E-state index in [0.29, 0.717) is 12.3 Å². The topological polar surface area (TPSA) is 58.6 Å². The molecule has 0 aromatic heterocycles. The molecule has 16 heavy (non-hydrogen) atoms. The number of rotatable bonds is 2. The van der Waals surface area contributed by atoms with E-state index in [1.807, 2.05) is 11.8 Å². The molecule has 2 rings (SSSR count). The lowest BCUT2D eigenvalue weighted by molar-refractivity contribution is -0.132. The van der Waals surface area contributed by atoms with Gasteiger partial charge in [0.2, 0.25) is 11.8 Å². The maximum Gasteiger partial charge on any atom is 0.242 e. The molecule has 0 saturated carbocycles. The molecule has 2 aliphatic heterocycles. The van der Waals surface area contributed by atoms with E-state index in [-0.39, 0.29) is 24.4 Å². The normalized spacial score (nSPS) is 31.4. The molecule has 2 heterocycles. The standard InChI is InChI=1S/C11H18N2O3/c1-8-4-10(14)12-5-11(15)13(8)6-9-2-3-16-7-9/h8-9H,2-7H2,1H3,(H,12,14). The SMILES string of the molecule is CC1CC(=O)NCC(=O)N1CC1CCOC1. The van der Waals surface area contributed by atoms with Gasteiger partial charge in [0.05, 0.1) is 13.2 Å². The molecule has 2 saturated heterocycles. The van der Waals surface area contributed by atoms with Crippen molar-refractivity contribution in [1.29, 1.82) is 0 Å². The van der Waals surface area contributed by atoms with Crippen LogP contribution in [0.3, 0.4) is 0 Å². The summed E-state index contributed by atoms with van der Waals surface area (Å²) < 4.78 is 5.30. The van der Waals surface area contributed by atoms with Crippen LogP contribution < -0.4 is 5.32 Å². The molecule has 2 unspecified atom stereocenters. The molecule has 0 aliphatic carbocycles. The molecule has 2 atom stereocenters. The number of hydrogen-bond donors (Lipinski definition) is 1. The maximum atomic E-state index is 11.8. The lowest BCUT2D eigenvalue weighted by atomic mass is 10.1. The Morgan fingerprint density at radius 3 is 3.00 bits per heavy atom. The zero-order valence-corrected chi connectivity index (χ0v) is 9.57. The lowest BCUT2D eigenvalue weighted by Gasteiger charge is -2.28. The second kappa shape index (κ2) is 4.82. The number of carbonyl (C=O) groups excluding carboxylic acids is 2. The van der Waals surface area contributed by atoms with Crippen molar-refractivity contribution in [3.8, 4) is 0 Å². The Labute approximate surface area is 95.1 Å². The first kappa shape index (κ1) is 11.4. The number of nitrogens with zero attached hydrogens (tertiary/aromatic N) is 1. The van der Waals surface area contributed by atoms with Gasteiger partial charge >= 0.3 is 0 Å². The van der Waals surface area contributed by atoms with Gasteiger partial charge in [0, 0.05) is 31.5 Å². The predicted molar refractivity (Wildman–Crippen MR) is 57.7 cm³/mol. The van der Waals surface area contributed by atoms with Gasteiger partial charge in [-0.05, 0) is 13.3 Å². The van der Waals surface area contributed by atoms with Crippen LogP contribution in [0.5, 0.6) is 0 Å². The van der Waals surface area contributed by atoms with E-state index in [4.69, 9.17) is 4.74 Å². The third kappa shape index (κ3) is 2.52. The van der Waals surface area contributed by atoms with Gasteiger partial charge in [-0.25, -0.2) is 0 Å². The Kier molecular flexibility index (Phi) is 3.43. The molecule has 0 aromatic carbocycles.